The van der Waals surface area contributed by atoms with Crippen molar-refractivity contribution < 1.29 is 23.7 Å². The van der Waals surface area contributed by atoms with Gasteiger partial charge in [0, 0.05) is 0 Å². The number of ether oxygens (including phenoxy) is 4. The number of carbonyl (C=O) groups is 1. The van der Waals surface area contributed by atoms with Crippen molar-refractivity contribution in [3.05, 3.63) is 42.5 Å². The zero-order valence-electron chi connectivity index (χ0n) is 16.0. The number of carbonyl (C=O) groups excluding carboxylic acids is 1. The Hall–Kier alpha value is -3.00. The van der Waals surface area contributed by atoms with Gasteiger partial charge in [-0.1, -0.05) is 29.5 Å². The summed E-state index contributed by atoms with van der Waals surface area (Å²) in [5.41, 5.74) is 0.857. The summed E-state index contributed by atoms with van der Waals surface area (Å²) in [6.45, 7) is 3.02. The summed E-state index contributed by atoms with van der Waals surface area (Å²) in [4.78, 5) is 19.4. The first kappa shape index (κ1) is 18.1. The highest BCUT2D eigenvalue weighted by molar-refractivity contribution is 7.22. The molecule has 2 unspecified atom stereocenters. The molecule has 2 aromatic carbocycles. The average molecular weight is 412 g/mol. The number of hydrogen-bond acceptors (Lipinski definition) is 8. The minimum Gasteiger partial charge on any atom is -0.494 e. The molecular weight excluding hydrogens is 392 g/mol. The van der Waals surface area contributed by atoms with Crippen LogP contribution in [-0.4, -0.2) is 49.5 Å². The Kier molecular flexibility index (Phi) is 4.43. The third kappa shape index (κ3) is 3.23. The summed E-state index contributed by atoms with van der Waals surface area (Å²) >= 11 is 1.60. The van der Waals surface area contributed by atoms with Crippen molar-refractivity contribution in [2.75, 3.05) is 25.1 Å². The molecule has 2 atom stereocenters. The number of methoxy groups -OCH3 is 1. The molecule has 3 aromatic rings. The highest BCUT2D eigenvalue weighted by Crippen LogP contribution is 2.37. The topological polar surface area (TPSA) is 70.1 Å². The van der Waals surface area contributed by atoms with E-state index in [4.69, 9.17) is 18.9 Å². The first-order valence-corrected chi connectivity index (χ1v) is 10.3. The van der Waals surface area contributed by atoms with E-state index >= 15 is 0 Å². The van der Waals surface area contributed by atoms with Crippen LogP contribution in [0.4, 0.5) is 5.13 Å². The largest absolute Gasteiger partial charge is 0.494 e. The average Bonchev–Trinajstić information content (AvgIpc) is 3.13. The summed E-state index contributed by atoms with van der Waals surface area (Å²) in [6, 6.07) is 13.2. The van der Waals surface area contributed by atoms with Gasteiger partial charge >= 0.3 is 5.97 Å². The summed E-state index contributed by atoms with van der Waals surface area (Å²) in [7, 11) is 1.64. The molecule has 150 valence electrons. The lowest BCUT2D eigenvalue weighted by Gasteiger charge is -2.39. The van der Waals surface area contributed by atoms with Crippen molar-refractivity contribution in [2.24, 2.45) is 0 Å². The van der Waals surface area contributed by atoms with E-state index in [1.165, 1.54) is 0 Å². The number of benzene rings is 2. The minimum atomic E-state index is -0.773. The number of thiazole rings is 1. The number of aromatic nitrogens is 1. The summed E-state index contributed by atoms with van der Waals surface area (Å²) in [5.74, 6) is 1.57. The molecule has 0 spiro atoms. The van der Waals surface area contributed by atoms with Gasteiger partial charge in [0.25, 0.3) is 0 Å². The summed E-state index contributed by atoms with van der Waals surface area (Å²) in [6.07, 6.45) is -1.37. The van der Waals surface area contributed by atoms with E-state index in [1.54, 1.807) is 24.5 Å². The summed E-state index contributed by atoms with van der Waals surface area (Å²) < 4.78 is 23.7. The zero-order valence-corrected chi connectivity index (χ0v) is 16.8. The second kappa shape index (κ2) is 7.11. The first-order valence-electron chi connectivity index (χ1n) is 9.43. The highest BCUT2D eigenvalue weighted by atomic mass is 32.1. The van der Waals surface area contributed by atoms with E-state index in [9.17, 15) is 4.79 Å². The Labute approximate surface area is 171 Å². The first-order chi connectivity index (χ1) is 14.1. The van der Waals surface area contributed by atoms with Crippen molar-refractivity contribution in [1.82, 2.24) is 4.98 Å². The molecule has 1 fully saturated rings. The van der Waals surface area contributed by atoms with E-state index in [1.807, 2.05) is 43.3 Å². The van der Waals surface area contributed by atoms with Crippen LogP contribution in [0.5, 0.6) is 17.2 Å². The second-order valence-corrected chi connectivity index (χ2v) is 8.08. The molecule has 2 aliphatic rings. The Balaban J connectivity index is 1.21. The Morgan fingerprint density at radius 2 is 1.90 bits per heavy atom. The number of hydrogen-bond donors (Lipinski definition) is 0. The molecule has 0 aliphatic carbocycles. The molecule has 8 heteroatoms. The molecule has 5 rings (SSSR count). The van der Waals surface area contributed by atoms with Crippen molar-refractivity contribution in [1.29, 1.82) is 0 Å². The lowest BCUT2D eigenvalue weighted by atomic mass is 10.1. The van der Waals surface area contributed by atoms with Gasteiger partial charge in [0.2, 0.25) is 6.10 Å². The van der Waals surface area contributed by atoms with Gasteiger partial charge in [0.15, 0.2) is 16.6 Å². The lowest BCUT2D eigenvalue weighted by Crippen LogP contribution is -2.55. The molecular formula is C21H20N2O5S. The molecule has 0 saturated carbocycles. The third-order valence-electron chi connectivity index (χ3n) is 5.07. The number of fused-ring (bicyclic) bond motifs is 2. The van der Waals surface area contributed by atoms with Crippen molar-refractivity contribution in [2.45, 2.75) is 25.2 Å². The van der Waals surface area contributed by atoms with Crippen LogP contribution in [0.1, 0.15) is 6.92 Å². The maximum atomic E-state index is 12.6. The lowest BCUT2D eigenvalue weighted by molar-refractivity contribution is -0.164. The molecule has 0 bridgehead atoms. The molecule has 2 aliphatic heterocycles. The zero-order chi connectivity index (χ0) is 20.0. The van der Waals surface area contributed by atoms with Crippen LogP contribution in [-0.2, 0) is 9.53 Å². The molecule has 0 N–H and O–H groups in total. The van der Waals surface area contributed by atoms with E-state index < -0.39 is 18.2 Å². The highest BCUT2D eigenvalue weighted by Gasteiger charge is 2.39. The van der Waals surface area contributed by atoms with E-state index in [0.29, 0.717) is 24.6 Å². The number of anilines is 1. The van der Waals surface area contributed by atoms with Crippen LogP contribution in [0.2, 0.25) is 0 Å². The molecule has 1 aromatic heterocycles. The minimum absolute atomic E-state index is 0.190. The number of rotatable bonds is 4. The van der Waals surface area contributed by atoms with Gasteiger partial charge in [-0.2, -0.15) is 0 Å². The van der Waals surface area contributed by atoms with Crippen LogP contribution >= 0.6 is 11.3 Å². The Morgan fingerprint density at radius 1 is 1.14 bits per heavy atom. The quantitative estimate of drug-likeness (QED) is 0.609. The Bertz CT molecular complexity index is 1060. The fourth-order valence-corrected chi connectivity index (χ4v) is 4.49. The van der Waals surface area contributed by atoms with Crippen LogP contribution in [0, 0.1) is 0 Å². The Morgan fingerprint density at radius 3 is 2.66 bits per heavy atom. The predicted octanol–water partition coefficient (Wildman–Crippen LogP) is 3.27. The van der Waals surface area contributed by atoms with Crippen LogP contribution < -0.4 is 19.1 Å². The summed E-state index contributed by atoms with van der Waals surface area (Å²) in [5, 5.41) is 0.899. The van der Waals surface area contributed by atoms with Gasteiger partial charge in [-0.05, 0) is 31.2 Å². The van der Waals surface area contributed by atoms with Gasteiger partial charge in [0.1, 0.15) is 23.5 Å². The van der Waals surface area contributed by atoms with Gasteiger partial charge in [-0.3, -0.25) is 0 Å². The molecule has 29 heavy (non-hydrogen) atoms. The SMILES string of the molecule is COc1cccc2sc(N3CC(OC(=O)C4Oc5ccccc5OC4C)C3)nc12. The van der Waals surface area contributed by atoms with Gasteiger partial charge in [0.05, 0.1) is 24.9 Å². The van der Waals surface area contributed by atoms with E-state index in [0.717, 1.165) is 21.1 Å². The fourth-order valence-electron chi connectivity index (χ4n) is 3.49. The molecule has 0 radical (unpaired) electrons. The van der Waals surface area contributed by atoms with Crippen LogP contribution in [0.25, 0.3) is 10.2 Å². The maximum Gasteiger partial charge on any atom is 0.351 e. The van der Waals surface area contributed by atoms with Gasteiger partial charge < -0.3 is 23.8 Å². The predicted molar refractivity (Wildman–Crippen MR) is 109 cm³/mol. The molecule has 1 saturated heterocycles. The maximum absolute atomic E-state index is 12.6. The van der Waals surface area contributed by atoms with Gasteiger partial charge in [-0.15, -0.1) is 0 Å². The molecule has 7 nitrogen and oxygen atoms in total. The van der Waals surface area contributed by atoms with Crippen molar-refractivity contribution in [3.8, 4) is 17.2 Å². The normalized spacial score (nSPS) is 21.0. The van der Waals surface area contributed by atoms with Crippen molar-refractivity contribution >= 4 is 32.7 Å². The third-order valence-corrected chi connectivity index (χ3v) is 6.15. The van der Waals surface area contributed by atoms with Crippen LogP contribution in [0.15, 0.2) is 42.5 Å². The fraction of sp³-hybridized carbons (Fsp3) is 0.333. The second-order valence-electron chi connectivity index (χ2n) is 7.08. The monoisotopic (exact) mass is 412 g/mol. The van der Waals surface area contributed by atoms with E-state index in [-0.39, 0.29) is 6.10 Å². The van der Waals surface area contributed by atoms with Crippen molar-refractivity contribution in [3.63, 3.8) is 0 Å². The number of nitrogens with zero attached hydrogens (tertiary/aromatic N) is 2. The number of para-hydroxylation sites is 3. The molecule has 3 heterocycles. The number of esters is 1. The van der Waals surface area contributed by atoms with E-state index in [2.05, 4.69) is 9.88 Å². The standard InChI is InChI=1S/C21H20N2O5S/c1-12-19(28-15-7-4-3-6-14(15)26-12)20(24)27-13-10-23(11-13)21-22-18-16(25-2)8-5-9-17(18)29-21/h3-9,12-13,19H,10-11H2,1-2H3. The smallest absolute Gasteiger partial charge is 0.351 e. The van der Waals surface area contributed by atoms with Gasteiger partial charge in [-0.25, -0.2) is 9.78 Å². The molecule has 0 amide bonds. The van der Waals surface area contributed by atoms with Crippen LogP contribution in [0.3, 0.4) is 0 Å².